The molecule has 3 aromatic carbocycles. The van der Waals surface area contributed by atoms with Gasteiger partial charge < -0.3 is 9.88 Å². The van der Waals surface area contributed by atoms with Gasteiger partial charge in [0.25, 0.3) is 11.6 Å². The number of hydrogen-bond donors (Lipinski definition) is 1. The molecule has 0 unspecified atom stereocenters. The predicted molar refractivity (Wildman–Crippen MR) is 141 cm³/mol. The van der Waals surface area contributed by atoms with Gasteiger partial charge in [0.05, 0.1) is 15.5 Å². The number of hydrogen-bond acceptors (Lipinski definition) is 5. The van der Waals surface area contributed by atoms with Crippen LogP contribution in [-0.2, 0) is 11.3 Å². The fraction of sp³-hybridized carbons (Fsp3) is 0.0400. The minimum atomic E-state index is -0.484. The van der Waals surface area contributed by atoms with Gasteiger partial charge in [-0.25, -0.2) is 4.99 Å². The molecule has 0 bridgehead atoms. The number of aromatic nitrogens is 1. The monoisotopic (exact) mass is 522 g/mol. The maximum atomic E-state index is 12.6. The van der Waals surface area contributed by atoms with Gasteiger partial charge in [0.15, 0.2) is 5.17 Å². The zero-order valence-electron chi connectivity index (χ0n) is 17.9. The number of carbonyl (C=O) groups excluding carboxylic acids is 1. The lowest BCUT2D eigenvalue weighted by Crippen LogP contribution is -2.19. The molecule has 1 aromatic heterocycles. The summed E-state index contributed by atoms with van der Waals surface area (Å²) in [5.41, 5.74) is 3.12. The Kier molecular flexibility index (Phi) is 6.34. The Balaban J connectivity index is 1.46. The highest BCUT2D eigenvalue weighted by Gasteiger charge is 2.24. The number of amides is 1. The molecule has 1 aliphatic rings. The number of thioether (sulfide) groups is 1. The van der Waals surface area contributed by atoms with Crippen molar-refractivity contribution in [3.63, 3.8) is 0 Å². The van der Waals surface area contributed by atoms with E-state index in [4.69, 9.17) is 23.2 Å². The maximum absolute atomic E-state index is 12.6. The molecule has 1 saturated heterocycles. The number of carbonyl (C=O) groups is 1. The molecule has 174 valence electrons. The number of nitrogens with one attached hydrogen (secondary N) is 1. The molecule has 0 atom stereocenters. The Labute approximate surface area is 214 Å². The lowest BCUT2D eigenvalue weighted by Gasteiger charge is -2.08. The maximum Gasteiger partial charge on any atom is 0.271 e. The van der Waals surface area contributed by atoms with Crippen LogP contribution in [0.25, 0.3) is 17.0 Å². The van der Waals surface area contributed by atoms with E-state index in [0.29, 0.717) is 32.4 Å². The van der Waals surface area contributed by atoms with Gasteiger partial charge in [0.2, 0.25) is 0 Å². The van der Waals surface area contributed by atoms with Crippen molar-refractivity contribution < 1.29 is 9.72 Å². The van der Waals surface area contributed by atoms with Crippen LogP contribution in [0.1, 0.15) is 11.1 Å². The number of nitro benzene ring substituents is 1. The molecule has 1 fully saturated rings. The lowest BCUT2D eigenvalue weighted by atomic mass is 10.1. The number of nitrogens with zero attached hydrogens (tertiary/aromatic N) is 3. The van der Waals surface area contributed by atoms with E-state index in [9.17, 15) is 14.9 Å². The molecule has 0 saturated carbocycles. The number of para-hydroxylation sites is 1. The van der Waals surface area contributed by atoms with Crippen molar-refractivity contribution in [3.8, 4) is 0 Å². The van der Waals surface area contributed by atoms with Gasteiger partial charge in [-0.1, -0.05) is 53.5 Å². The van der Waals surface area contributed by atoms with E-state index >= 15 is 0 Å². The van der Waals surface area contributed by atoms with E-state index < -0.39 is 4.92 Å². The molecule has 1 amide bonds. The summed E-state index contributed by atoms with van der Waals surface area (Å²) in [5, 5.41) is 16.3. The third kappa shape index (κ3) is 4.95. The molecule has 4 aromatic rings. The van der Waals surface area contributed by atoms with E-state index in [1.165, 1.54) is 23.9 Å². The predicted octanol–water partition coefficient (Wildman–Crippen LogP) is 6.80. The Morgan fingerprint density at radius 2 is 1.91 bits per heavy atom. The molecular weight excluding hydrogens is 507 g/mol. The third-order valence-electron chi connectivity index (χ3n) is 5.38. The second-order valence-corrected chi connectivity index (χ2v) is 9.60. The Bertz CT molecular complexity index is 1560. The molecule has 10 heteroatoms. The van der Waals surface area contributed by atoms with Crippen LogP contribution in [0.4, 0.5) is 11.4 Å². The number of amidine groups is 1. The van der Waals surface area contributed by atoms with Gasteiger partial charge in [0, 0.05) is 51.4 Å². The van der Waals surface area contributed by atoms with Crippen molar-refractivity contribution in [2.75, 3.05) is 0 Å². The average molecular weight is 523 g/mol. The summed E-state index contributed by atoms with van der Waals surface area (Å²) in [6.45, 7) is 0.540. The van der Waals surface area contributed by atoms with Crippen molar-refractivity contribution >= 4 is 74.4 Å². The number of rotatable bonds is 5. The van der Waals surface area contributed by atoms with Gasteiger partial charge in [-0.2, -0.15) is 0 Å². The summed E-state index contributed by atoms with van der Waals surface area (Å²) < 4.78 is 2.08. The number of fused-ring (bicyclic) bond motifs is 1. The summed E-state index contributed by atoms with van der Waals surface area (Å²) >= 11 is 13.6. The molecule has 7 nitrogen and oxygen atoms in total. The SMILES string of the molecule is O=C1NC(=Nc2cccc([N+](=O)[O-])c2)S/C1=C\c1cn(Cc2ccc(Cl)cc2Cl)c2ccccc12. The van der Waals surface area contributed by atoms with E-state index in [-0.39, 0.29) is 11.6 Å². The normalized spacial score (nSPS) is 15.8. The first-order valence-corrected chi connectivity index (χ1v) is 12.0. The van der Waals surface area contributed by atoms with Crippen LogP contribution in [0.5, 0.6) is 0 Å². The second-order valence-electron chi connectivity index (χ2n) is 7.72. The molecule has 0 radical (unpaired) electrons. The van der Waals surface area contributed by atoms with Gasteiger partial charge in [0.1, 0.15) is 0 Å². The van der Waals surface area contributed by atoms with Crippen molar-refractivity contribution in [1.82, 2.24) is 9.88 Å². The summed E-state index contributed by atoms with van der Waals surface area (Å²) in [7, 11) is 0. The van der Waals surface area contributed by atoms with Gasteiger partial charge >= 0.3 is 0 Å². The van der Waals surface area contributed by atoms with Crippen LogP contribution < -0.4 is 5.32 Å². The molecule has 0 spiro atoms. The molecule has 1 N–H and O–H groups in total. The van der Waals surface area contributed by atoms with Crippen molar-refractivity contribution in [1.29, 1.82) is 0 Å². The standard InChI is InChI=1S/C25H16Cl2N4O3S/c26-17-9-8-15(21(27)11-17)13-30-14-16(20-6-1-2-7-22(20)30)10-23-24(32)29-25(35-23)28-18-4-3-5-19(12-18)31(33)34/h1-12,14H,13H2,(H,28,29,32)/b23-10-. The number of aliphatic imine (C=N–C) groups is 1. The van der Waals surface area contributed by atoms with E-state index in [2.05, 4.69) is 14.9 Å². The number of benzene rings is 3. The van der Waals surface area contributed by atoms with Crippen LogP contribution in [0.15, 0.2) is 82.8 Å². The van der Waals surface area contributed by atoms with Crippen LogP contribution >= 0.6 is 35.0 Å². The summed E-state index contributed by atoms with van der Waals surface area (Å²) in [6.07, 6.45) is 3.80. The van der Waals surface area contributed by atoms with Gasteiger partial charge in [-0.05, 0) is 47.7 Å². The molecule has 35 heavy (non-hydrogen) atoms. The third-order valence-corrected chi connectivity index (χ3v) is 6.88. The van der Waals surface area contributed by atoms with Crippen molar-refractivity contribution in [2.45, 2.75) is 6.54 Å². The first-order valence-electron chi connectivity index (χ1n) is 10.4. The minimum absolute atomic E-state index is 0.0643. The topological polar surface area (TPSA) is 89.5 Å². The van der Waals surface area contributed by atoms with E-state index in [1.54, 1.807) is 24.3 Å². The zero-order chi connectivity index (χ0) is 24.5. The summed E-state index contributed by atoms with van der Waals surface area (Å²) in [6, 6.07) is 19.3. The molecule has 0 aliphatic carbocycles. The summed E-state index contributed by atoms with van der Waals surface area (Å²) in [4.78, 5) is 28.0. The highest BCUT2D eigenvalue weighted by atomic mass is 35.5. The van der Waals surface area contributed by atoms with Crippen LogP contribution in [0.2, 0.25) is 10.0 Å². The quantitative estimate of drug-likeness (QED) is 0.177. The highest BCUT2D eigenvalue weighted by Crippen LogP contribution is 2.32. The fourth-order valence-electron chi connectivity index (χ4n) is 3.77. The Hall–Kier alpha value is -3.59. The second kappa shape index (κ2) is 9.58. The van der Waals surface area contributed by atoms with E-state index in [0.717, 1.165) is 22.0 Å². The van der Waals surface area contributed by atoms with E-state index in [1.807, 2.05) is 42.6 Å². The molecule has 2 heterocycles. The number of halogens is 2. The van der Waals surface area contributed by atoms with Crippen LogP contribution in [0, 0.1) is 10.1 Å². The number of non-ortho nitro benzene ring substituents is 1. The van der Waals surface area contributed by atoms with Crippen LogP contribution in [0.3, 0.4) is 0 Å². The first kappa shape index (κ1) is 23.2. The smallest absolute Gasteiger partial charge is 0.271 e. The minimum Gasteiger partial charge on any atom is -0.342 e. The van der Waals surface area contributed by atoms with Crippen molar-refractivity contribution in [2.24, 2.45) is 4.99 Å². The summed E-state index contributed by atoms with van der Waals surface area (Å²) in [5.74, 6) is -0.281. The largest absolute Gasteiger partial charge is 0.342 e. The number of nitro groups is 1. The molecule has 5 rings (SSSR count). The Morgan fingerprint density at radius 3 is 2.71 bits per heavy atom. The Morgan fingerprint density at radius 1 is 1.09 bits per heavy atom. The van der Waals surface area contributed by atoms with Gasteiger partial charge in [-0.3, -0.25) is 14.9 Å². The van der Waals surface area contributed by atoms with Crippen LogP contribution in [-0.4, -0.2) is 20.6 Å². The fourth-order valence-corrected chi connectivity index (χ4v) is 5.07. The zero-order valence-corrected chi connectivity index (χ0v) is 20.3. The van der Waals surface area contributed by atoms with Crippen molar-refractivity contribution in [3.05, 3.63) is 109 Å². The lowest BCUT2D eigenvalue weighted by molar-refractivity contribution is -0.384. The first-order chi connectivity index (χ1) is 16.9. The van der Waals surface area contributed by atoms with Gasteiger partial charge in [-0.15, -0.1) is 0 Å². The highest BCUT2D eigenvalue weighted by molar-refractivity contribution is 8.18. The molecular formula is C25H16Cl2N4O3S. The molecule has 1 aliphatic heterocycles. The average Bonchev–Trinajstić information content (AvgIpc) is 3.35.